The van der Waals surface area contributed by atoms with Gasteiger partial charge in [-0.2, -0.15) is 0 Å². The van der Waals surface area contributed by atoms with Gasteiger partial charge in [0.2, 0.25) is 0 Å². The van der Waals surface area contributed by atoms with Crippen molar-refractivity contribution in [2.24, 2.45) is 5.92 Å². The van der Waals surface area contributed by atoms with Crippen molar-refractivity contribution < 1.29 is 5.02 Å². The highest BCUT2D eigenvalue weighted by Gasteiger charge is 2.14. The minimum absolute atomic E-state index is 0.107. The highest BCUT2D eigenvalue weighted by molar-refractivity contribution is 6.48. The van der Waals surface area contributed by atoms with E-state index in [0.717, 1.165) is 12.2 Å². The molecule has 1 fully saturated rings. The summed E-state index contributed by atoms with van der Waals surface area (Å²) in [7, 11) is 0. The van der Waals surface area contributed by atoms with Crippen LogP contribution in [0, 0.1) is 5.92 Å². The fourth-order valence-electron chi connectivity index (χ4n) is 1.66. The highest BCUT2D eigenvalue weighted by atomic mass is 16.2. The van der Waals surface area contributed by atoms with Crippen molar-refractivity contribution in [2.75, 3.05) is 13.1 Å². The molecule has 0 amide bonds. The second kappa shape index (κ2) is 4.78. The van der Waals surface area contributed by atoms with E-state index in [1.807, 2.05) is 6.82 Å². The molecule has 1 heterocycles. The first kappa shape index (κ1) is 9.08. The number of nitrogens with one attached hydrogen (secondary N) is 1. The Kier molecular flexibility index (Phi) is 3.94. The van der Waals surface area contributed by atoms with Crippen LogP contribution in [0.2, 0.25) is 13.1 Å². The second-order valence-corrected chi connectivity index (χ2v) is 3.64. The number of rotatable bonds is 4. The average Bonchev–Trinajstić information content (AvgIpc) is 2.39. The van der Waals surface area contributed by atoms with Crippen LogP contribution >= 0.6 is 0 Å². The molecule has 11 heavy (non-hydrogen) atoms. The normalized spacial score (nSPS) is 24.0. The standard InChI is InChI=1S/C8H18BNO/c1-9(11)5-2-3-8-4-6-10-7-8/h8,10-11H,2-7H2,1H3. The molecule has 0 aromatic rings. The molecule has 3 heteroatoms. The molecule has 1 aliphatic rings. The summed E-state index contributed by atoms with van der Waals surface area (Å²) in [5.74, 6) is 0.883. The third-order valence-corrected chi connectivity index (χ3v) is 2.40. The van der Waals surface area contributed by atoms with Gasteiger partial charge in [0.1, 0.15) is 0 Å². The van der Waals surface area contributed by atoms with E-state index in [4.69, 9.17) is 5.02 Å². The lowest BCUT2D eigenvalue weighted by molar-refractivity contribution is 0.509. The molecule has 64 valence electrons. The van der Waals surface area contributed by atoms with Gasteiger partial charge in [0.05, 0.1) is 0 Å². The van der Waals surface area contributed by atoms with E-state index in [1.54, 1.807) is 0 Å². The molecule has 2 N–H and O–H groups in total. The molecule has 0 saturated carbocycles. The number of hydrogen-bond acceptors (Lipinski definition) is 2. The minimum atomic E-state index is -0.107. The van der Waals surface area contributed by atoms with Crippen LogP contribution in [0.15, 0.2) is 0 Å². The zero-order valence-corrected chi connectivity index (χ0v) is 7.34. The monoisotopic (exact) mass is 155 g/mol. The minimum Gasteiger partial charge on any atom is -0.451 e. The van der Waals surface area contributed by atoms with E-state index >= 15 is 0 Å². The van der Waals surface area contributed by atoms with Crippen LogP contribution in [0.5, 0.6) is 0 Å². The molecule has 1 aliphatic heterocycles. The van der Waals surface area contributed by atoms with Crippen LogP contribution in [0.25, 0.3) is 0 Å². The van der Waals surface area contributed by atoms with Crippen molar-refractivity contribution in [3.05, 3.63) is 0 Å². The van der Waals surface area contributed by atoms with Crippen molar-refractivity contribution in [1.29, 1.82) is 0 Å². The van der Waals surface area contributed by atoms with Gasteiger partial charge in [-0.15, -0.1) is 0 Å². The Hall–Kier alpha value is -0.0151. The topological polar surface area (TPSA) is 32.3 Å². The van der Waals surface area contributed by atoms with Crippen LogP contribution in [0.3, 0.4) is 0 Å². The summed E-state index contributed by atoms with van der Waals surface area (Å²) in [5.41, 5.74) is 0. The van der Waals surface area contributed by atoms with E-state index in [-0.39, 0.29) is 6.92 Å². The molecular formula is C8H18BNO. The van der Waals surface area contributed by atoms with Gasteiger partial charge in [-0.1, -0.05) is 13.2 Å². The molecule has 0 bridgehead atoms. The van der Waals surface area contributed by atoms with Gasteiger partial charge in [-0.25, -0.2) is 0 Å². The van der Waals surface area contributed by atoms with Gasteiger partial charge in [-0.3, -0.25) is 0 Å². The first-order valence-corrected chi connectivity index (χ1v) is 4.68. The van der Waals surface area contributed by atoms with Crippen LogP contribution in [0.1, 0.15) is 19.3 Å². The SMILES string of the molecule is CB(O)CCCC1CCNC1. The van der Waals surface area contributed by atoms with Gasteiger partial charge in [-0.05, 0) is 38.2 Å². The molecule has 0 aromatic carbocycles. The van der Waals surface area contributed by atoms with Gasteiger partial charge >= 0.3 is 0 Å². The van der Waals surface area contributed by atoms with E-state index in [0.29, 0.717) is 0 Å². The van der Waals surface area contributed by atoms with E-state index < -0.39 is 0 Å². The molecule has 0 spiro atoms. The van der Waals surface area contributed by atoms with Gasteiger partial charge in [0.15, 0.2) is 0 Å². The summed E-state index contributed by atoms with van der Waals surface area (Å²) in [5, 5.41) is 12.4. The van der Waals surface area contributed by atoms with Crippen molar-refractivity contribution in [3.8, 4) is 0 Å². The highest BCUT2D eigenvalue weighted by Crippen LogP contribution is 2.15. The zero-order chi connectivity index (χ0) is 8.10. The molecule has 1 atom stereocenters. The lowest BCUT2D eigenvalue weighted by Crippen LogP contribution is -2.10. The first-order valence-electron chi connectivity index (χ1n) is 4.68. The smallest absolute Gasteiger partial charge is 0.285 e. The van der Waals surface area contributed by atoms with Crippen LogP contribution < -0.4 is 5.32 Å². The van der Waals surface area contributed by atoms with Crippen molar-refractivity contribution in [1.82, 2.24) is 5.32 Å². The van der Waals surface area contributed by atoms with E-state index in [9.17, 15) is 0 Å². The molecule has 0 radical (unpaired) electrons. The third kappa shape index (κ3) is 3.78. The Morgan fingerprint density at radius 1 is 1.64 bits per heavy atom. The molecule has 0 aromatic heterocycles. The van der Waals surface area contributed by atoms with Gasteiger partial charge < -0.3 is 10.3 Å². The fourth-order valence-corrected chi connectivity index (χ4v) is 1.66. The maximum absolute atomic E-state index is 9.01. The van der Waals surface area contributed by atoms with Crippen molar-refractivity contribution in [2.45, 2.75) is 32.4 Å². The predicted molar refractivity (Wildman–Crippen MR) is 48.9 cm³/mol. The Morgan fingerprint density at radius 2 is 2.45 bits per heavy atom. The first-order chi connectivity index (χ1) is 5.29. The predicted octanol–water partition coefficient (Wildman–Crippen LogP) is 0.990. The molecule has 0 aliphatic carbocycles. The summed E-state index contributed by atoms with van der Waals surface area (Å²) in [6, 6.07) is 0. The van der Waals surface area contributed by atoms with Crippen LogP contribution in [-0.4, -0.2) is 25.0 Å². The lowest BCUT2D eigenvalue weighted by atomic mass is 9.66. The number of hydrogen-bond donors (Lipinski definition) is 2. The Morgan fingerprint density at radius 3 is 3.00 bits per heavy atom. The molecule has 1 rings (SSSR count). The quantitative estimate of drug-likeness (QED) is 0.593. The molecule has 2 nitrogen and oxygen atoms in total. The largest absolute Gasteiger partial charge is 0.451 e. The van der Waals surface area contributed by atoms with Crippen molar-refractivity contribution >= 4 is 6.92 Å². The second-order valence-electron chi connectivity index (χ2n) is 3.64. The van der Waals surface area contributed by atoms with Crippen LogP contribution in [0.4, 0.5) is 0 Å². The Balaban J connectivity index is 1.94. The van der Waals surface area contributed by atoms with Gasteiger partial charge in [0, 0.05) is 0 Å². The summed E-state index contributed by atoms with van der Waals surface area (Å²) in [6.45, 7) is 4.15. The zero-order valence-electron chi connectivity index (χ0n) is 7.34. The summed E-state index contributed by atoms with van der Waals surface area (Å²) in [6.07, 6.45) is 4.78. The summed E-state index contributed by atoms with van der Waals surface area (Å²) in [4.78, 5) is 0. The average molecular weight is 155 g/mol. The summed E-state index contributed by atoms with van der Waals surface area (Å²) < 4.78 is 0. The van der Waals surface area contributed by atoms with Gasteiger partial charge in [0.25, 0.3) is 6.92 Å². The maximum Gasteiger partial charge on any atom is 0.285 e. The van der Waals surface area contributed by atoms with E-state index in [2.05, 4.69) is 5.32 Å². The fraction of sp³-hybridized carbons (Fsp3) is 1.00. The third-order valence-electron chi connectivity index (χ3n) is 2.40. The molecular weight excluding hydrogens is 137 g/mol. The van der Waals surface area contributed by atoms with Crippen LogP contribution in [-0.2, 0) is 0 Å². The Labute approximate surface area is 69.5 Å². The molecule has 1 unspecified atom stereocenters. The maximum atomic E-state index is 9.01. The van der Waals surface area contributed by atoms with Crippen molar-refractivity contribution in [3.63, 3.8) is 0 Å². The Bertz CT molecular complexity index is 102. The van der Waals surface area contributed by atoms with E-state index in [1.165, 1.54) is 32.4 Å². The lowest BCUT2D eigenvalue weighted by Gasteiger charge is -2.06. The summed E-state index contributed by atoms with van der Waals surface area (Å²) >= 11 is 0. The molecule has 1 saturated heterocycles.